The first-order chi connectivity index (χ1) is 28.0. The number of sulfone groups is 1. The lowest BCUT2D eigenvalue weighted by atomic mass is 9.12. The molecule has 0 atom stereocenters. The summed E-state index contributed by atoms with van der Waals surface area (Å²) >= 11 is 0. The van der Waals surface area contributed by atoms with Crippen LogP contribution in [0.1, 0.15) is 10.4 Å². The molecule has 0 saturated heterocycles. The summed E-state index contributed by atoms with van der Waals surface area (Å²) in [6, 6.07) is 6.37. The van der Waals surface area contributed by atoms with Crippen molar-refractivity contribution in [1.82, 2.24) is 0 Å². The molecule has 26 heteroatoms. The van der Waals surface area contributed by atoms with E-state index in [1.165, 1.54) is 6.07 Å². The summed E-state index contributed by atoms with van der Waals surface area (Å²) in [7, 11) is -3.36. The van der Waals surface area contributed by atoms with Crippen LogP contribution in [0.5, 0.6) is 0 Å². The van der Waals surface area contributed by atoms with Gasteiger partial charge in [-0.3, -0.25) is 4.79 Å². The molecule has 61 heavy (non-hydrogen) atoms. The van der Waals surface area contributed by atoms with Crippen LogP contribution < -0.4 is 21.9 Å². The third-order valence-corrected chi connectivity index (χ3v) is 10.7. The van der Waals surface area contributed by atoms with Crippen LogP contribution >= 0.6 is 0 Å². The first kappa shape index (κ1) is 48.4. The molecule has 5 aromatic carbocycles. The summed E-state index contributed by atoms with van der Waals surface area (Å²) in [6.07, 6.45) is -2.18. The predicted octanol–water partition coefficient (Wildman–Crippen LogP) is 7.00. The lowest BCUT2D eigenvalue weighted by Crippen LogP contribution is -2.81. The third-order valence-electron chi connectivity index (χ3n) is 8.71. The first-order valence-corrected chi connectivity index (χ1v) is 19.7. The maximum Gasteiger partial charge on any atom is 0.213 e. The number of benzene rings is 5. The van der Waals surface area contributed by atoms with Crippen molar-refractivity contribution in [3.8, 4) is 0 Å². The fourth-order valence-corrected chi connectivity index (χ4v) is 7.82. The summed E-state index contributed by atoms with van der Waals surface area (Å²) in [6.45, 7) is 0. The van der Waals surface area contributed by atoms with E-state index in [9.17, 15) is 65.9 Å². The highest BCUT2D eigenvalue weighted by Gasteiger charge is 2.52. The molecule has 0 saturated carbocycles. The molecule has 328 valence electrons. The van der Waals surface area contributed by atoms with E-state index in [1.54, 1.807) is 18.2 Å². The van der Waals surface area contributed by atoms with E-state index in [4.69, 9.17) is 0 Å². The van der Waals surface area contributed by atoms with E-state index < -0.39 is 154 Å². The minimum Gasteiger partial charge on any atom is -0.289 e. The fraction of sp³-hybridized carbons (Fsp3) is 0.114. The van der Waals surface area contributed by atoms with Gasteiger partial charge in [0.2, 0.25) is 5.78 Å². The Hall–Kier alpha value is -5.27. The molecule has 0 aliphatic rings. The summed E-state index contributed by atoms with van der Waals surface area (Å²) in [5.41, 5.74) is -14.0. The number of ketones is 1. The van der Waals surface area contributed by atoms with E-state index in [2.05, 4.69) is 0 Å². The van der Waals surface area contributed by atoms with Crippen LogP contribution in [0.4, 0.5) is 87.8 Å². The van der Waals surface area contributed by atoms with E-state index in [0.29, 0.717) is 11.3 Å². The summed E-state index contributed by atoms with van der Waals surface area (Å²) in [5, 5.41) is 0. The minimum atomic E-state index is -7.22. The van der Waals surface area contributed by atoms with Crippen molar-refractivity contribution in [2.24, 2.45) is 0 Å². The van der Waals surface area contributed by atoms with Crippen molar-refractivity contribution >= 4 is 54.5 Å². The number of carbonyl (C=O) groups excluding carboxylic acids is 1. The highest BCUT2D eigenvalue weighted by atomic mass is 32.2. The van der Waals surface area contributed by atoms with Crippen LogP contribution in [0.25, 0.3) is 0 Å². The summed E-state index contributed by atoms with van der Waals surface area (Å²) in [5.74, 6) is -71.1. The second-order valence-electron chi connectivity index (χ2n) is 12.6. The van der Waals surface area contributed by atoms with Crippen LogP contribution in [-0.4, -0.2) is 44.9 Å². The molecule has 0 unspecified atom stereocenters. The zero-order valence-corrected chi connectivity index (χ0v) is 31.3. The number of halogens is 20. The molecule has 0 aliphatic carbocycles. The van der Waals surface area contributed by atoms with Gasteiger partial charge in [-0.2, -0.15) is 0 Å². The standard InChI is InChI=1S/C24BF20.C11H15O3S2/c26-5-1(6(27)14(35)21(42)13(5)34)25(2-7(28)15(36)22(43)16(37)8(2)29,3-9(30)17(38)23(44)18(39)10(3)31)4-11(32)19(40)24(45)20(41)12(4)33;1-15(2)8-10(12)9-6-4-5-7-11(9)16(3,13)14/h;4-7H,8H2,1-3H3/q-1;+1. The Morgan fingerprint density at radius 3 is 0.852 bits per heavy atom. The maximum atomic E-state index is 15.4. The number of rotatable bonds is 8. The van der Waals surface area contributed by atoms with Gasteiger partial charge in [0.1, 0.15) is 52.7 Å². The van der Waals surface area contributed by atoms with Crippen LogP contribution in [0.2, 0.25) is 0 Å². The van der Waals surface area contributed by atoms with Gasteiger partial charge in [0.25, 0.3) is 0 Å². The SMILES string of the molecule is C[S+](C)CC(=O)c1ccccc1S(C)(=O)=O.Fc1c(F)c(F)c([B-](c2c(F)c(F)c(F)c(F)c2F)(c2c(F)c(F)c(F)c(F)c2F)c2c(F)c(F)c(F)c(F)c2F)c(F)c1F. The number of hydrogen-bond donors (Lipinski definition) is 0. The Morgan fingerprint density at radius 1 is 0.426 bits per heavy atom. The van der Waals surface area contributed by atoms with Crippen LogP contribution in [0.3, 0.4) is 0 Å². The molecular weight excluding hydrogens is 923 g/mol. The quantitative estimate of drug-likeness (QED) is 0.0421. The Balaban J connectivity index is 0.000000430. The van der Waals surface area contributed by atoms with E-state index in [0.717, 1.165) is 6.26 Å². The number of hydrogen-bond acceptors (Lipinski definition) is 3. The molecule has 0 aromatic heterocycles. The molecular formula is C35H15BF20O3S2. The molecule has 0 spiro atoms. The molecule has 0 radical (unpaired) electrons. The molecule has 0 fully saturated rings. The third kappa shape index (κ3) is 7.80. The molecule has 0 N–H and O–H groups in total. The topological polar surface area (TPSA) is 51.2 Å². The zero-order valence-electron chi connectivity index (χ0n) is 29.7. The molecule has 0 bridgehead atoms. The maximum absolute atomic E-state index is 15.4. The summed E-state index contributed by atoms with van der Waals surface area (Å²) < 4.78 is 317. The lowest BCUT2D eigenvalue weighted by Gasteiger charge is -2.44. The van der Waals surface area contributed by atoms with Crippen molar-refractivity contribution < 1.29 is 101 Å². The zero-order chi connectivity index (χ0) is 46.7. The van der Waals surface area contributed by atoms with Gasteiger partial charge in [0.05, 0.1) is 17.4 Å². The molecule has 0 heterocycles. The van der Waals surface area contributed by atoms with Crippen molar-refractivity contribution in [2.45, 2.75) is 4.90 Å². The van der Waals surface area contributed by atoms with Crippen LogP contribution in [0, 0.1) is 116 Å². The van der Waals surface area contributed by atoms with Gasteiger partial charge in [0, 0.05) is 11.8 Å². The van der Waals surface area contributed by atoms with Crippen molar-refractivity contribution in [1.29, 1.82) is 0 Å². The average molecular weight is 938 g/mol. The molecule has 0 amide bonds. The first-order valence-electron chi connectivity index (χ1n) is 15.6. The van der Waals surface area contributed by atoms with Gasteiger partial charge in [-0.05, 0) is 23.0 Å². The predicted molar refractivity (Wildman–Crippen MR) is 177 cm³/mol. The van der Waals surface area contributed by atoms with Crippen molar-refractivity contribution in [3.63, 3.8) is 0 Å². The minimum absolute atomic E-state index is 0.0256. The van der Waals surface area contributed by atoms with Crippen molar-refractivity contribution in [3.05, 3.63) is 146 Å². The molecule has 5 aromatic rings. The summed E-state index contributed by atoms with van der Waals surface area (Å²) in [4.78, 5) is 12.0. The second kappa shape index (κ2) is 17.2. The van der Waals surface area contributed by atoms with Gasteiger partial charge in [-0.25, -0.2) is 96.2 Å². The van der Waals surface area contributed by atoms with E-state index in [-0.39, 0.29) is 21.6 Å². The monoisotopic (exact) mass is 938 g/mol. The van der Waals surface area contributed by atoms with Crippen LogP contribution in [-0.2, 0) is 20.7 Å². The second-order valence-corrected chi connectivity index (χ2v) is 16.9. The number of carbonyl (C=O) groups is 1. The number of Topliss-reactive ketones (excluding diaryl/α,β-unsaturated/α-hetero) is 1. The highest BCUT2D eigenvalue weighted by Crippen LogP contribution is 2.31. The highest BCUT2D eigenvalue weighted by molar-refractivity contribution is 7.96. The normalized spacial score (nSPS) is 11.9. The Kier molecular flexibility index (Phi) is 13.7. The Morgan fingerprint density at radius 2 is 0.639 bits per heavy atom. The van der Waals surface area contributed by atoms with Gasteiger partial charge in [-0.1, -0.05) is 12.1 Å². The fourth-order valence-electron chi connectivity index (χ4n) is 6.23. The largest absolute Gasteiger partial charge is 0.289 e. The van der Waals surface area contributed by atoms with Gasteiger partial charge in [0.15, 0.2) is 85.4 Å². The molecule has 3 nitrogen and oxygen atoms in total. The van der Waals surface area contributed by atoms with Gasteiger partial charge in [-0.15, -0.1) is 21.9 Å². The molecule has 5 rings (SSSR count). The van der Waals surface area contributed by atoms with Crippen LogP contribution in [0.15, 0.2) is 29.2 Å². The average Bonchev–Trinajstić information content (AvgIpc) is 3.20. The van der Waals surface area contributed by atoms with Gasteiger partial charge >= 0.3 is 0 Å². The Bertz CT molecular complexity index is 2380. The molecule has 0 aliphatic heterocycles. The Labute approximate surface area is 330 Å². The van der Waals surface area contributed by atoms with Crippen molar-refractivity contribution in [2.75, 3.05) is 24.5 Å². The smallest absolute Gasteiger partial charge is 0.213 e. The van der Waals surface area contributed by atoms with E-state index in [1.807, 2.05) is 12.5 Å². The van der Waals surface area contributed by atoms with E-state index >= 15 is 35.1 Å². The van der Waals surface area contributed by atoms with Gasteiger partial charge < -0.3 is 0 Å². The lowest BCUT2D eigenvalue weighted by molar-refractivity contribution is 0.101.